The first-order chi connectivity index (χ1) is 16.0. The summed E-state index contributed by atoms with van der Waals surface area (Å²) in [7, 11) is 0. The van der Waals surface area contributed by atoms with E-state index in [0.29, 0.717) is 44.1 Å². The van der Waals surface area contributed by atoms with E-state index in [4.69, 9.17) is 10.2 Å². The minimum atomic E-state index is -0.705. The molecule has 1 aliphatic carbocycles. The zero-order valence-electron chi connectivity index (χ0n) is 18.9. The van der Waals surface area contributed by atoms with E-state index in [-0.39, 0.29) is 6.04 Å². The molecule has 0 fully saturated rings. The summed E-state index contributed by atoms with van der Waals surface area (Å²) < 4.78 is 6.09. The largest absolute Gasteiger partial charge is 0.424 e. The third-order valence-electron chi connectivity index (χ3n) is 6.22. The van der Waals surface area contributed by atoms with E-state index in [2.05, 4.69) is 45.1 Å². The number of hydrogen-bond acceptors (Lipinski definition) is 6. The van der Waals surface area contributed by atoms with Gasteiger partial charge in [-0.3, -0.25) is 9.59 Å². The van der Waals surface area contributed by atoms with Gasteiger partial charge in [-0.05, 0) is 59.6 Å². The number of nitrogens with two attached hydrogens (primary N) is 1. The second-order valence-corrected chi connectivity index (χ2v) is 8.69. The summed E-state index contributed by atoms with van der Waals surface area (Å²) in [4.78, 5) is 21.6. The van der Waals surface area contributed by atoms with Gasteiger partial charge in [-0.2, -0.15) is 0 Å². The first kappa shape index (κ1) is 22.7. The van der Waals surface area contributed by atoms with Crippen LogP contribution in [-0.2, 0) is 40.9 Å². The summed E-state index contributed by atoms with van der Waals surface area (Å²) in [5.74, 6) is 1.03. The molecule has 33 heavy (non-hydrogen) atoms. The Morgan fingerprint density at radius 2 is 1.55 bits per heavy atom. The molecule has 0 aliphatic heterocycles. The van der Waals surface area contributed by atoms with Crippen molar-refractivity contribution in [1.82, 2.24) is 20.8 Å². The molecule has 0 saturated heterocycles. The van der Waals surface area contributed by atoms with Crippen molar-refractivity contribution < 1.29 is 14.0 Å². The summed E-state index contributed by atoms with van der Waals surface area (Å²) in [6.07, 6.45) is 3.63. The maximum atomic E-state index is 10.8. The van der Waals surface area contributed by atoms with Crippen molar-refractivity contribution in [3.63, 3.8) is 0 Å². The fraction of sp³-hybridized carbons (Fsp3) is 0.360. The summed E-state index contributed by atoms with van der Waals surface area (Å²) in [6, 6.07) is 12.4. The molecule has 2 aromatic carbocycles. The Balaban J connectivity index is 1.96. The molecule has 1 heterocycles. The fourth-order valence-electron chi connectivity index (χ4n) is 4.98. The van der Waals surface area contributed by atoms with E-state index in [9.17, 15) is 9.59 Å². The van der Waals surface area contributed by atoms with Gasteiger partial charge in [-0.1, -0.05) is 36.4 Å². The van der Waals surface area contributed by atoms with Crippen LogP contribution < -0.4 is 16.4 Å². The van der Waals surface area contributed by atoms with Crippen molar-refractivity contribution in [3.8, 4) is 0 Å². The highest BCUT2D eigenvalue weighted by molar-refractivity contribution is 5.56. The van der Waals surface area contributed by atoms with Crippen LogP contribution in [0.4, 0.5) is 0 Å². The number of amides is 2. The van der Waals surface area contributed by atoms with Crippen molar-refractivity contribution in [1.29, 1.82) is 0 Å². The van der Waals surface area contributed by atoms with E-state index in [1.54, 1.807) is 6.92 Å². The maximum absolute atomic E-state index is 10.8. The van der Waals surface area contributed by atoms with Crippen LogP contribution >= 0.6 is 0 Å². The molecular formula is C25H29N5O3. The molecule has 4 N–H and O–H groups in total. The number of aromatic nitrogens is 2. The van der Waals surface area contributed by atoms with Gasteiger partial charge < -0.3 is 20.8 Å². The SMILES string of the molecule is Cc1nnc(C2(C[C@@H](C)N)c3ccc(CNC=O)cc3CCc3cc(CNC=O)ccc32)o1. The van der Waals surface area contributed by atoms with Gasteiger partial charge >= 0.3 is 0 Å². The second-order valence-electron chi connectivity index (χ2n) is 8.69. The number of carbonyl (C=O) groups is 2. The lowest BCUT2D eigenvalue weighted by atomic mass is 9.68. The number of benzene rings is 2. The zero-order valence-corrected chi connectivity index (χ0v) is 18.9. The molecule has 3 aromatic rings. The second kappa shape index (κ2) is 9.54. The summed E-state index contributed by atoms with van der Waals surface area (Å²) in [5.41, 5.74) is 12.3. The Morgan fingerprint density at radius 3 is 1.97 bits per heavy atom. The molecule has 0 unspecified atom stereocenters. The molecule has 4 rings (SSSR count). The summed E-state index contributed by atoms with van der Waals surface area (Å²) in [6.45, 7) is 4.70. The number of fused-ring (bicyclic) bond motifs is 2. The van der Waals surface area contributed by atoms with Crippen LogP contribution in [0.5, 0.6) is 0 Å². The lowest BCUT2D eigenvalue weighted by molar-refractivity contribution is -0.110. The molecule has 0 spiro atoms. The van der Waals surface area contributed by atoms with Gasteiger partial charge in [0, 0.05) is 26.1 Å². The zero-order chi connectivity index (χ0) is 23.4. The first-order valence-corrected chi connectivity index (χ1v) is 11.1. The van der Waals surface area contributed by atoms with Crippen molar-refractivity contribution >= 4 is 12.8 Å². The number of nitrogens with zero attached hydrogens (tertiary/aromatic N) is 2. The Hall–Kier alpha value is -3.52. The van der Waals surface area contributed by atoms with Gasteiger partial charge in [0.05, 0.1) is 0 Å². The average molecular weight is 448 g/mol. The van der Waals surface area contributed by atoms with Gasteiger partial charge in [-0.15, -0.1) is 10.2 Å². The van der Waals surface area contributed by atoms with Crippen LogP contribution in [-0.4, -0.2) is 29.1 Å². The molecule has 0 saturated carbocycles. The molecule has 0 bridgehead atoms. The van der Waals surface area contributed by atoms with Crippen LogP contribution in [0.25, 0.3) is 0 Å². The van der Waals surface area contributed by atoms with Gasteiger partial charge in [0.2, 0.25) is 24.6 Å². The fourth-order valence-corrected chi connectivity index (χ4v) is 4.98. The smallest absolute Gasteiger partial charge is 0.231 e. The number of nitrogens with one attached hydrogen (secondary N) is 2. The monoisotopic (exact) mass is 447 g/mol. The summed E-state index contributed by atoms with van der Waals surface area (Å²) in [5, 5.41) is 14.1. The highest BCUT2D eigenvalue weighted by Crippen LogP contribution is 2.47. The molecule has 1 aliphatic rings. The van der Waals surface area contributed by atoms with E-state index in [0.717, 1.165) is 35.1 Å². The third-order valence-corrected chi connectivity index (χ3v) is 6.22. The van der Waals surface area contributed by atoms with E-state index in [1.165, 1.54) is 11.1 Å². The van der Waals surface area contributed by atoms with Crippen molar-refractivity contribution in [2.24, 2.45) is 5.73 Å². The lowest BCUT2D eigenvalue weighted by Gasteiger charge is -2.35. The highest BCUT2D eigenvalue weighted by atomic mass is 16.4. The van der Waals surface area contributed by atoms with Gasteiger partial charge in [-0.25, -0.2) is 0 Å². The molecule has 0 radical (unpaired) electrons. The molecule has 8 nitrogen and oxygen atoms in total. The van der Waals surface area contributed by atoms with Gasteiger partial charge in [0.15, 0.2) is 0 Å². The van der Waals surface area contributed by atoms with Gasteiger partial charge in [0.1, 0.15) is 5.41 Å². The number of hydrogen-bond donors (Lipinski definition) is 3. The van der Waals surface area contributed by atoms with Gasteiger partial charge in [0.25, 0.3) is 0 Å². The third kappa shape index (κ3) is 4.39. The van der Waals surface area contributed by atoms with Crippen LogP contribution in [0.1, 0.15) is 58.5 Å². The van der Waals surface area contributed by atoms with Crippen LogP contribution in [0.2, 0.25) is 0 Å². The minimum absolute atomic E-state index is 0.135. The Bertz CT molecular complexity index is 1090. The van der Waals surface area contributed by atoms with Crippen LogP contribution in [0, 0.1) is 6.92 Å². The average Bonchev–Trinajstić information content (AvgIpc) is 3.20. The quantitative estimate of drug-likeness (QED) is 0.432. The van der Waals surface area contributed by atoms with E-state index < -0.39 is 5.41 Å². The van der Waals surface area contributed by atoms with E-state index in [1.807, 2.05) is 19.1 Å². The lowest BCUT2D eigenvalue weighted by Crippen LogP contribution is -2.37. The predicted molar refractivity (Wildman–Crippen MR) is 123 cm³/mol. The highest BCUT2D eigenvalue weighted by Gasteiger charge is 2.46. The van der Waals surface area contributed by atoms with Crippen molar-refractivity contribution in [2.45, 2.75) is 57.7 Å². The minimum Gasteiger partial charge on any atom is -0.424 e. The molecule has 172 valence electrons. The number of aryl methyl sites for hydroxylation is 3. The summed E-state index contributed by atoms with van der Waals surface area (Å²) >= 11 is 0. The molecule has 8 heteroatoms. The molecule has 1 atom stereocenters. The van der Waals surface area contributed by atoms with Crippen molar-refractivity contribution in [3.05, 3.63) is 81.6 Å². The molecule has 2 amide bonds. The molecular weight excluding hydrogens is 418 g/mol. The van der Waals surface area contributed by atoms with E-state index >= 15 is 0 Å². The predicted octanol–water partition coefficient (Wildman–Crippen LogP) is 2.04. The Morgan fingerprint density at radius 1 is 1.00 bits per heavy atom. The maximum Gasteiger partial charge on any atom is 0.231 e. The Kier molecular flexibility index (Phi) is 6.55. The first-order valence-electron chi connectivity index (χ1n) is 11.1. The molecule has 1 aromatic heterocycles. The van der Waals surface area contributed by atoms with Crippen molar-refractivity contribution in [2.75, 3.05) is 0 Å². The number of carbonyl (C=O) groups excluding carboxylic acids is 2. The van der Waals surface area contributed by atoms with Crippen LogP contribution in [0.3, 0.4) is 0 Å². The Labute approximate surface area is 193 Å². The standard InChI is InChI=1S/C25H29N5O3/c1-16(26)11-25(24-30-29-17(2)33-24)22-7-3-18(12-27-14-31)9-20(22)5-6-21-10-19(13-28-15-32)4-8-23(21)25/h3-4,7-10,14-16H,5-6,11-13,26H2,1-2H3,(H,27,31)(H,28,32)/t16-/m1/s1. The van der Waals surface area contributed by atoms with Crippen LogP contribution in [0.15, 0.2) is 40.8 Å². The topological polar surface area (TPSA) is 123 Å². The number of rotatable bonds is 9. The normalized spacial score (nSPS) is 15.0.